The van der Waals surface area contributed by atoms with Gasteiger partial charge in [0.1, 0.15) is 0 Å². The van der Waals surface area contributed by atoms with Crippen LogP contribution in [0, 0.1) is 5.82 Å². The summed E-state index contributed by atoms with van der Waals surface area (Å²) in [5.41, 5.74) is 0. The Kier molecular flexibility index (Phi) is 4.98. The summed E-state index contributed by atoms with van der Waals surface area (Å²) in [6, 6.07) is 1.99. The van der Waals surface area contributed by atoms with Crippen LogP contribution >= 0.6 is 0 Å². The molecule has 1 aromatic rings. The molecule has 0 bridgehead atoms. The van der Waals surface area contributed by atoms with Crippen LogP contribution in [0.4, 0.5) is 4.39 Å². The standard InChI is InChI=1S/C10H15FN2O3S/c1-3-8(7-16-2)13-17(14,15)10-9(11)5-4-6-12-10/h4-6,8,13H,3,7H2,1-2H3. The molecular weight excluding hydrogens is 247 g/mol. The summed E-state index contributed by atoms with van der Waals surface area (Å²) in [6.45, 7) is 2.03. The van der Waals surface area contributed by atoms with Gasteiger partial charge in [-0.05, 0) is 18.6 Å². The molecule has 1 N–H and O–H groups in total. The molecule has 0 aromatic carbocycles. The summed E-state index contributed by atoms with van der Waals surface area (Å²) in [7, 11) is -2.47. The van der Waals surface area contributed by atoms with Crippen LogP contribution in [-0.4, -0.2) is 33.2 Å². The number of sulfonamides is 1. The summed E-state index contributed by atoms with van der Waals surface area (Å²) in [5.74, 6) is -0.868. The first-order valence-corrected chi connectivity index (χ1v) is 6.61. The van der Waals surface area contributed by atoms with E-state index in [0.717, 1.165) is 6.07 Å². The molecule has 1 heterocycles. The number of nitrogens with one attached hydrogen (secondary N) is 1. The van der Waals surface area contributed by atoms with Gasteiger partial charge in [0.2, 0.25) is 5.03 Å². The Hall–Kier alpha value is -1.05. The Morgan fingerprint density at radius 1 is 1.59 bits per heavy atom. The lowest BCUT2D eigenvalue weighted by Gasteiger charge is -2.15. The van der Waals surface area contributed by atoms with Crippen molar-refractivity contribution >= 4 is 10.0 Å². The van der Waals surface area contributed by atoms with Crippen molar-refractivity contribution in [2.24, 2.45) is 0 Å². The van der Waals surface area contributed by atoms with Crippen LogP contribution in [0.2, 0.25) is 0 Å². The SMILES string of the molecule is CCC(COC)NS(=O)(=O)c1ncccc1F. The molecule has 0 radical (unpaired) electrons. The van der Waals surface area contributed by atoms with Gasteiger partial charge in [-0.3, -0.25) is 0 Å². The van der Waals surface area contributed by atoms with E-state index in [9.17, 15) is 12.8 Å². The molecule has 5 nitrogen and oxygen atoms in total. The number of pyridine rings is 1. The fourth-order valence-corrected chi connectivity index (χ4v) is 2.59. The molecule has 1 rings (SSSR count). The Morgan fingerprint density at radius 2 is 2.29 bits per heavy atom. The number of aromatic nitrogens is 1. The van der Waals surface area contributed by atoms with Crippen molar-refractivity contribution < 1.29 is 17.5 Å². The highest BCUT2D eigenvalue weighted by Gasteiger charge is 2.23. The van der Waals surface area contributed by atoms with Gasteiger partial charge in [0.15, 0.2) is 5.82 Å². The van der Waals surface area contributed by atoms with Crippen LogP contribution in [0.1, 0.15) is 13.3 Å². The largest absolute Gasteiger partial charge is 0.383 e. The average molecular weight is 262 g/mol. The second-order valence-corrected chi connectivity index (χ2v) is 5.10. The minimum atomic E-state index is -3.94. The number of ether oxygens (including phenoxy) is 1. The molecule has 0 spiro atoms. The lowest BCUT2D eigenvalue weighted by molar-refractivity contribution is 0.173. The van der Waals surface area contributed by atoms with E-state index >= 15 is 0 Å². The molecule has 0 aliphatic carbocycles. The maximum atomic E-state index is 13.3. The van der Waals surface area contributed by atoms with E-state index in [1.54, 1.807) is 6.92 Å². The normalized spacial score (nSPS) is 13.6. The smallest absolute Gasteiger partial charge is 0.261 e. The van der Waals surface area contributed by atoms with Crippen molar-refractivity contribution in [1.29, 1.82) is 0 Å². The molecule has 0 aliphatic heterocycles. The zero-order valence-corrected chi connectivity index (χ0v) is 10.5. The van der Waals surface area contributed by atoms with Crippen molar-refractivity contribution in [3.8, 4) is 0 Å². The van der Waals surface area contributed by atoms with E-state index in [1.165, 1.54) is 19.4 Å². The average Bonchev–Trinajstić information content (AvgIpc) is 2.28. The van der Waals surface area contributed by atoms with Crippen molar-refractivity contribution in [2.75, 3.05) is 13.7 Å². The van der Waals surface area contributed by atoms with Gasteiger partial charge >= 0.3 is 0 Å². The number of hydrogen-bond donors (Lipinski definition) is 1. The molecular formula is C10H15FN2O3S. The van der Waals surface area contributed by atoms with E-state index in [4.69, 9.17) is 4.74 Å². The van der Waals surface area contributed by atoms with Crippen LogP contribution < -0.4 is 4.72 Å². The van der Waals surface area contributed by atoms with Crippen molar-refractivity contribution in [3.05, 3.63) is 24.1 Å². The number of nitrogens with zero attached hydrogens (tertiary/aromatic N) is 1. The van der Waals surface area contributed by atoms with Gasteiger partial charge in [0.05, 0.1) is 6.61 Å². The fourth-order valence-electron chi connectivity index (χ4n) is 1.28. The molecule has 96 valence electrons. The highest BCUT2D eigenvalue weighted by Crippen LogP contribution is 2.11. The van der Waals surface area contributed by atoms with Gasteiger partial charge in [-0.2, -0.15) is 0 Å². The number of rotatable bonds is 6. The summed E-state index contributed by atoms with van der Waals surface area (Å²) < 4.78 is 44.2. The summed E-state index contributed by atoms with van der Waals surface area (Å²) in [5, 5.41) is -0.588. The van der Waals surface area contributed by atoms with Crippen LogP contribution in [0.5, 0.6) is 0 Å². The van der Waals surface area contributed by atoms with E-state index in [2.05, 4.69) is 9.71 Å². The quantitative estimate of drug-likeness (QED) is 0.828. The third kappa shape index (κ3) is 3.72. The van der Waals surface area contributed by atoms with E-state index in [0.29, 0.717) is 6.42 Å². The fraction of sp³-hybridized carbons (Fsp3) is 0.500. The van der Waals surface area contributed by atoms with Crippen molar-refractivity contribution in [3.63, 3.8) is 0 Å². The minimum Gasteiger partial charge on any atom is -0.383 e. The summed E-state index contributed by atoms with van der Waals surface area (Å²) in [6.07, 6.45) is 1.77. The number of halogens is 1. The third-order valence-electron chi connectivity index (χ3n) is 2.16. The molecule has 17 heavy (non-hydrogen) atoms. The zero-order valence-electron chi connectivity index (χ0n) is 9.68. The summed E-state index contributed by atoms with van der Waals surface area (Å²) >= 11 is 0. The second-order valence-electron chi connectivity index (χ2n) is 3.47. The topological polar surface area (TPSA) is 68.3 Å². The molecule has 0 aliphatic rings. The van der Waals surface area contributed by atoms with Crippen LogP contribution in [-0.2, 0) is 14.8 Å². The Labute approximate surface area is 100 Å². The predicted octanol–water partition coefficient (Wildman–Crippen LogP) is 0.924. The molecule has 1 unspecified atom stereocenters. The maximum absolute atomic E-state index is 13.3. The van der Waals surface area contributed by atoms with Crippen molar-refractivity contribution in [1.82, 2.24) is 9.71 Å². The molecule has 0 fully saturated rings. The lowest BCUT2D eigenvalue weighted by Crippen LogP contribution is -2.38. The van der Waals surface area contributed by atoms with Crippen LogP contribution in [0.15, 0.2) is 23.4 Å². The second kappa shape index (κ2) is 6.04. The van der Waals surface area contributed by atoms with Gasteiger partial charge in [-0.1, -0.05) is 6.92 Å². The van der Waals surface area contributed by atoms with Gasteiger partial charge < -0.3 is 4.74 Å². The van der Waals surface area contributed by atoms with Gasteiger partial charge in [-0.25, -0.2) is 22.5 Å². The molecule has 1 atom stereocenters. The molecule has 1 aromatic heterocycles. The molecule has 0 amide bonds. The molecule has 0 saturated carbocycles. The first-order chi connectivity index (χ1) is 8.01. The summed E-state index contributed by atoms with van der Waals surface area (Å²) in [4.78, 5) is 3.53. The van der Waals surface area contributed by atoms with Crippen molar-refractivity contribution in [2.45, 2.75) is 24.4 Å². The minimum absolute atomic E-state index is 0.226. The van der Waals surface area contributed by atoms with Gasteiger partial charge in [0.25, 0.3) is 10.0 Å². The maximum Gasteiger partial charge on any atom is 0.261 e. The third-order valence-corrected chi connectivity index (χ3v) is 3.61. The Bertz CT molecular complexity index is 464. The number of hydrogen-bond acceptors (Lipinski definition) is 4. The van der Waals surface area contributed by atoms with E-state index < -0.39 is 26.9 Å². The first-order valence-electron chi connectivity index (χ1n) is 5.13. The lowest BCUT2D eigenvalue weighted by atomic mass is 10.3. The highest BCUT2D eigenvalue weighted by atomic mass is 32.2. The van der Waals surface area contributed by atoms with Crippen LogP contribution in [0.3, 0.4) is 0 Å². The monoisotopic (exact) mass is 262 g/mol. The molecule has 0 saturated heterocycles. The van der Waals surface area contributed by atoms with Gasteiger partial charge in [0, 0.05) is 19.3 Å². The van der Waals surface area contributed by atoms with Crippen LogP contribution in [0.25, 0.3) is 0 Å². The predicted molar refractivity (Wildman–Crippen MR) is 60.5 cm³/mol. The number of methoxy groups -OCH3 is 1. The van der Waals surface area contributed by atoms with E-state index in [-0.39, 0.29) is 6.61 Å². The molecule has 7 heteroatoms. The zero-order chi connectivity index (χ0) is 12.9. The van der Waals surface area contributed by atoms with Gasteiger partial charge in [-0.15, -0.1) is 0 Å². The first kappa shape index (κ1) is 14.0. The Morgan fingerprint density at radius 3 is 2.82 bits per heavy atom. The highest BCUT2D eigenvalue weighted by molar-refractivity contribution is 7.89. The van der Waals surface area contributed by atoms with E-state index in [1.807, 2.05) is 0 Å². The Balaban J connectivity index is 2.92.